The molecule has 0 fully saturated rings. The van der Waals surface area contributed by atoms with Gasteiger partial charge in [0.1, 0.15) is 0 Å². The summed E-state index contributed by atoms with van der Waals surface area (Å²) in [6.07, 6.45) is 4.04. The molecule has 2 nitrogen and oxygen atoms in total. The maximum atomic E-state index is 12.5. The van der Waals surface area contributed by atoms with E-state index in [0.29, 0.717) is 5.75 Å². The van der Waals surface area contributed by atoms with Gasteiger partial charge in [0, 0.05) is 5.33 Å². The largest absolute Gasteiger partial charge is 0.229 e. The van der Waals surface area contributed by atoms with Crippen molar-refractivity contribution in [3.63, 3.8) is 0 Å². The molecule has 0 saturated heterocycles. The highest BCUT2D eigenvalue weighted by Gasteiger charge is 2.36. The molecule has 0 amide bonds. The van der Waals surface area contributed by atoms with Gasteiger partial charge in [-0.1, -0.05) is 56.5 Å². The lowest BCUT2D eigenvalue weighted by Gasteiger charge is -2.33. The summed E-state index contributed by atoms with van der Waals surface area (Å²) in [6, 6.07) is 0. The molecule has 0 heterocycles. The van der Waals surface area contributed by atoms with E-state index in [1.807, 2.05) is 20.8 Å². The van der Waals surface area contributed by atoms with Crippen molar-refractivity contribution in [3.8, 4) is 0 Å². The van der Waals surface area contributed by atoms with Crippen LogP contribution in [0.15, 0.2) is 0 Å². The van der Waals surface area contributed by atoms with E-state index < -0.39 is 9.84 Å². The number of hydrogen-bond acceptors (Lipinski definition) is 2. The van der Waals surface area contributed by atoms with Gasteiger partial charge in [-0.3, -0.25) is 0 Å². The Hall–Kier alpha value is 0.430. The van der Waals surface area contributed by atoms with E-state index in [1.54, 1.807) is 0 Å². The molecule has 18 heavy (non-hydrogen) atoms. The van der Waals surface area contributed by atoms with Gasteiger partial charge in [-0.2, -0.15) is 0 Å². The third-order valence-corrected chi connectivity index (χ3v) is 7.74. The molecule has 0 aromatic heterocycles. The fraction of sp³-hybridized carbons (Fsp3) is 1.00. The second kappa shape index (κ2) is 7.88. The van der Waals surface area contributed by atoms with E-state index in [-0.39, 0.29) is 16.6 Å². The zero-order valence-corrected chi connectivity index (χ0v) is 14.9. The molecular weight excluding hydrogens is 312 g/mol. The smallest absolute Gasteiger partial charge is 0.153 e. The quantitative estimate of drug-likeness (QED) is 0.582. The Balaban J connectivity index is 5.07. The van der Waals surface area contributed by atoms with Gasteiger partial charge >= 0.3 is 0 Å². The van der Waals surface area contributed by atoms with Crippen LogP contribution in [0.4, 0.5) is 0 Å². The van der Waals surface area contributed by atoms with Gasteiger partial charge in [0.25, 0.3) is 0 Å². The summed E-state index contributed by atoms with van der Waals surface area (Å²) in [5.74, 6) is 0.512. The summed E-state index contributed by atoms with van der Waals surface area (Å²) < 4.78 is 25.0. The number of sulfone groups is 1. The number of hydrogen-bond donors (Lipinski definition) is 0. The van der Waals surface area contributed by atoms with Crippen molar-refractivity contribution in [1.82, 2.24) is 0 Å². The van der Waals surface area contributed by atoms with E-state index in [9.17, 15) is 8.42 Å². The van der Waals surface area contributed by atoms with E-state index in [0.717, 1.165) is 31.0 Å². The van der Waals surface area contributed by atoms with E-state index >= 15 is 0 Å². The van der Waals surface area contributed by atoms with Crippen LogP contribution in [-0.2, 0) is 9.84 Å². The fourth-order valence-electron chi connectivity index (χ4n) is 2.48. The van der Waals surface area contributed by atoms with Gasteiger partial charge in [-0.05, 0) is 31.1 Å². The highest BCUT2D eigenvalue weighted by molar-refractivity contribution is 9.09. The lowest BCUT2D eigenvalue weighted by atomic mass is 9.83. The van der Waals surface area contributed by atoms with Crippen molar-refractivity contribution in [1.29, 1.82) is 0 Å². The van der Waals surface area contributed by atoms with Crippen LogP contribution in [-0.4, -0.2) is 24.8 Å². The van der Waals surface area contributed by atoms with Crippen LogP contribution in [0.1, 0.15) is 60.3 Å². The van der Waals surface area contributed by atoms with Crippen LogP contribution in [0.2, 0.25) is 0 Å². The van der Waals surface area contributed by atoms with Crippen LogP contribution >= 0.6 is 15.9 Å². The normalized spacial score (nSPS) is 15.1. The average Bonchev–Trinajstić information content (AvgIpc) is 2.27. The molecular formula is C14H29BrO2S. The van der Waals surface area contributed by atoms with Crippen molar-refractivity contribution in [2.75, 3.05) is 11.1 Å². The van der Waals surface area contributed by atoms with E-state index in [2.05, 4.69) is 29.8 Å². The molecule has 0 aliphatic rings. The average molecular weight is 341 g/mol. The summed E-state index contributed by atoms with van der Waals surface area (Å²) in [7, 11) is -3.00. The molecule has 0 bridgehead atoms. The molecule has 0 rings (SSSR count). The second-order valence-corrected chi connectivity index (χ2v) is 8.81. The van der Waals surface area contributed by atoms with Crippen molar-refractivity contribution in [3.05, 3.63) is 0 Å². The minimum Gasteiger partial charge on any atom is -0.229 e. The predicted octanol–water partition coefficient (Wildman–Crippen LogP) is 4.43. The van der Waals surface area contributed by atoms with Gasteiger partial charge < -0.3 is 0 Å². The van der Waals surface area contributed by atoms with Crippen LogP contribution in [0.5, 0.6) is 0 Å². The van der Waals surface area contributed by atoms with Crippen LogP contribution < -0.4 is 0 Å². The highest BCUT2D eigenvalue weighted by Crippen LogP contribution is 2.35. The minimum atomic E-state index is -3.00. The summed E-state index contributed by atoms with van der Waals surface area (Å²) in [6.45, 7) is 10.1. The van der Waals surface area contributed by atoms with E-state index in [1.165, 1.54) is 0 Å². The summed E-state index contributed by atoms with van der Waals surface area (Å²) in [5, 5.41) is 0.538. The molecule has 1 atom stereocenters. The van der Waals surface area contributed by atoms with Crippen molar-refractivity contribution in [2.24, 2.45) is 11.3 Å². The summed E-state index contributed by atoms with van der Waals surface area (Å²) in [5.41, 5.74) is -0.0779. The number of rotatable bonds is 9. The molecule has 1 unspecified atom stereocenters. The molecule has 110 valence electrons. The minimum absolute atomic E-state index is 0.0779. The van der Waals surface area contributed by atoms with Crippen molar-refractivity contribution < 1.29 is 8.42 Å². The molecule has 0 saturated carbocycles. The van der Waals surface area contributed by atoms with Crippen LogP contribution in [0.3, 0.4) is 0 Å². The standard InChI is InChI=1S/C14H29BrO2S/c1-6-8-14(10-15,9-7-2)11-18(16,17)13(5)12(3)4/h12-13H,6-11H2,1-5H3. The zero-order valence-electron chi connectivity index (χ0n) is 12.5. The van der Waals surface area contributed by atoms with Gasteiger partial charge in [0.2, 0.25) is 0 Å². The Morgan fingerprint density at radius 3 is 1.78 bits per heavy atom. The number of alkyl halides is 1. The highest BCUT2D eigenvalue weighted by atomic mass is 79.9. The predicted molar refractivity (Wildman–Crippen MR) is 84.1 cm³/mol. The fourth-order valence-corrected chi connectivity index (χ4v) is 5.83. The summed E-state index contributed by atoms with van der Waals surface area (Å²) in [4.78, 5) is 0. The Labute approximate surface area is 122 Å². The first-order valence-electron chi connectivity index (χ1n) is 7.02. The Bertz CT molecular complexity index is 317. The third-order valence-electron chi connectivity index (χ3n) is 3.86. The van der Waals surface area contributed by atoms with Crippen molar-refractivity contribution >= 4 is 25.8 Å². The Morgan fingerprint density at radius 2 is 1.50 bits per heavy atom. The molecule has 0 aliphatic heterocycles. The molecule has 4 heteroatoms. The molecule has 0 spiro atoms. The SMILES string of the molecule is CCCC(CBr)(CCC)CS(=O)(=O)C(C)C(C)C. The first-order chi connectivity index (χ1) is 8.24. The van der Waals surface area contributed by atoms with Crippen LogP contribution in [0, 0.1) is 11.3 Å². The number of halogens is 1. The van der Waals surface area contributed by atoms with Crippen molar-refractivity contribution in [2.45, 2.75) is 65.6 Å². The van der Waals surface area contributed by atoms with Gasteiger partial charge in [0.05, 0.1) is 11.0 Å². The Kier molecular flexibility index (Phi) is 8.07. The molecule has 0 aromatic carbocycles. The molecule has 0 N–H and O–H groups in total. The van der Waals surface area contributed by atoms with Gasteiger partial charge in [-0.15, -0.1) is 0 Å². The summed E-state index contributed by atoms with van der Waals surface area (Å²) >= 11 is 3.55. The first-order valence-corrected chi connectivity index (χ1v) is 9.86. The lowest BCUT2D eigenvalue weighted by Crippen LogP contribution is -2.37. The Morgan fingerprint density at radius 1 is 1.06 bits per heavy atom. The monoisotopic (exact) mass is 340 g/mol. The topological polar surface area (TPSA) is 34.1 Å². The van der Waals surface area contributed by atoms with Gasteiger partial charge in [-0.25, -0.2) is 8.42 Å². The second-order valence-electron chi connectivity index (χ2n) is 5.89. The first kappa shape index (κ1) is 18.4. The molecule has 0 radical (unpaired) electrons. The van der Waals surface area contributed by atoms with Crippen LogP contribution in [0.25, 0.3) is 0 Å². The molecule has 0 aromatic rings. The zero-order chi connectivity index (χ0) is 14.4. The van der Waals surface area contributed by atoms with E-state index in [4.69, 9.17) is 0 Å². The lowest BCUT2D eigenvalue weighted by molar-refractivity contribution is 0.312. The van der Waals surface area contributed by atoms with Gasteiger partial charge in [0.15, 0.2) is 9.84 Å². The maximum Gasteiger partial charge on any atom is 0.153 e. The maximum absolute atomic E-state index is 12.5. The molecule has 0 aliphatic carbocycles. The third kappa shape index (κ3) is 5.20.